The summed E-state index contributed by atoms with van der Waals surface area (Å²) in [6.07, 6.45) is 7.61. The van der Waals surface area contributed by atoms with Gasteiger partial charge in [0.15, 0.2) is 5.65 Å². The highest BCUT2D eigenvalue weighted by atomic mass is 16.6. The first-order valence-corrected chi connectivity index (χ1v) is 20.6. The second-order valence-corrected chi connectivity index (χ2v) is 15.4. The number of nitrogens with zero attached hydrogens (tertiary/aromatic N) is 8. The van der Waals surface area contributed by atoms with E-state index >= 15 is 0 Å². The molecule has 1 saturated carbocycles. The zero-order chi connectivity index (χ0) is 43.0. The van der Waals surface area contributed by atoms with Gasteiger partial charge in [-0.25, -0.2) is 24.4 Å². The van der Waals surface area contributed by atoms with Crippen LogP contribution in [0.2, 0.25) is 0 Å². The minimum Gasteiger partial charge on any atom is -0.447 e. The summed E-state index contributed by atoms with van der Waals surface area (Å²) in [5.74, 6) is 0.719. The molecule has 60 heavy (non-hydrogen) atoms. The molecule has 0 bridgehead atoms. The van der Waals surface area contributed by atoms with Gasteiger partial charge in [-0.05, 0) is 68.2 Å². The molecule has 1 N–H and O–H groups in total. The van der Waals surface area contributed by atoms with Gasteiger partial charge in [-0.1, -0.05) is 19.1 Å². The number of nitrogens with one attached hydrogen (secondary N) is 1. The van der Waals surface area contributed by atoms with Gasteiger partial charge in [0.2, 0.25) is 5.91 Å². The Balaban J connectivity index is 0.999. The summed E-state index contributed by atoms with van der Waals surface area (Å²) < 4.78 is 29.1. The molecule has 2 fully saturated rings. The Bertz CT molecular complexity index is 1910. The average Bonchev–Trinajstić information content (AvgIpc) is 3.70. The van der Waals surface area contributed by atoms with Gasteiger partial charge in [0, 0.05) is 79.5 Å². The molecule has 1 aliphatic heterocycles. The largest absolute Gasteiger partial charge is 0.447 e. The summed E-state index contributed by atoms with van der Waals surface area (Å²) in [5, 5.41) is 12.4. The van der Waals surface area contributed by atoms with Crippen LogP contribution in [0.15, 0.2) is 42.9 Å². The van der Waals surface area contributed by atoms with E-state index in [0.717, 1.165) is 44.1 Å². The summed E-state index contributed by atoms with van der Waals surface area (Å²) in [7, 11) is 6.85. The summed E-state index contributed by atoms with van der Waals surface area (Å²) in [6, 6.07) is 10.2. The number of benzene rings is 1. The Hall–Kier alpha value is -5.51. The lowest BCUT2D eigenvalue weighted by Gasteiger charge is -2.42. The molecule has 18 heteroatoms. The highest BCUT2D eigenvalue weighted by Gasteiger charge is 2.33. The minimum absolute atomic E-state index is 0.0154. The smallest absolute Gasteiger partial charge is 0.411 e. The van der Waals surface area contributed by atoms with E-state index in [1.165, 1.54) is 20.7 Å². The van der Waals surface area contributed by atoms with E-state index < -0.39 is 12.2 Å². The summed E-state index contributed by atoms with van der Waals surface area (Å²) in [4.78, 5) is 66.7. The number of ether oxygens (including phenoxy) is 5. The van der Waals surface area contributed by atoms with E-state index in [4.69, 9.17) is 28.9 Å². The number of fused-ring (bicyclic) bond motifs is 1. The number of anilines is 2. The monoisotopic (exact) mass is 833 g/mol. The highest BCUT2D eigenvalue weighted by molar-refractivity contribution is 5.95. The first kappa shape index (κ1) is 45.6. The van der Waals surface area contributed by atoms with E-state index in [2.05, 4.69) is 22.2 Å². The minimum atomic E-state index is -0.586. The molecule has 326 valence electrons. The van der Waals surface area contributed by atoms with Crippen LogP contribution in [0.3, 0.4) is 0 Å². The van der Waals surface area contributed by atoms with Crippen LogP contribution < -0.4 is 10.2 Å². The predicted octanol–water partition coefficient (Wildman–Crippen LogP) is 5.12. The number of rotatable bonds is 18. The van der Waals surface area contributed by atoms with Crippen molar-refractivity contribution >= 4 is 46.7 Å². The Kier molecular flexibility index (Phi) is 17.3. The summed E-state index contributed by atoms with van der Waals surface area (Å²) in [6.45, 7) is 5.53. The molecule has 18 nitrogen and oxygen atoms in total. The lowest BCUT2D eigenvalue weighted by molar-refractivity contribution is -0.131. The number of hydrogen-bond donors (Lipinski definition) is 1. The fourth-order valence-corrected chi connectivity index (χ4v) is 7.42. The van der Waals surface area contributed by atoms with Crippen molar-refractivity contribution in [2.45, 2.75) is 76.7 Å². The van der Waals surface area contributed by atoms with Crippen molar-refractivity contribution in [3.63, 3.8) is 0 Å². The van der Waals surface area contributed by atoms with E-state index in [1.54, 1.807) is 62.6 Å². The maximum absolute atomic E-state index is 13.6. The zero-order valence-corrected chi connectivity index (χ0v) is 35.4. The molecule has 0 spiro atoms. The van der Waals surface area contributed by atoms with Crippen molar-refractivity contribution in [2.24, 2.45) is 5.92 Å². The first-order valence-electron chi connectivity index (χ1n) is 20.6. The van der Waals surface area contributed by atoms with E-state index in [0.29, 0.717) is 55.4 Å². The Morgan fingerprint density at radius 1 is 0.883 bits per heavy atom. The van der Waals surface area contributed by atoms with E-state index in [1.807, 2.05) is 18.0 Å². The van der Waals surface area contributed by atoms with Crippen LogP contribution in [0, 0.1) is 17.2 Å². The third-order valence-electron chi connectivity index (χ3n) is 11.1. The number of carbonyl (C=O) groups is 4. The van der Waals surface area contributed by atoms with Crippen molar-refractivity contribution in [2.75, 3.05) is 91.1 Å². The molecule has 3 aromatic rings. The Morgan fingerprint density at radius 2 is 1.58 bits per heavy atom. The normalized spacial score (nSPS) is 19.0. The van der Waals surface area contributed by atoms with Crippen LogP contribution in [0.1, 0.15) is 57.4 Å². The van der Waals surface area contributed by atoms with Gasteiger partial charge in [-0.15, -0.1) is 0 Å². The number of likely N-dealkylation sites (N-methyl/N-ethyl adjacent to an activating group) is 3. The van der Waals surface area contributed by atoms with Gasteiger partial charge in [-0.3, -0.25) is 14.7 Å². The van der Waals surface area contributed by atoms with Crippen LogP contribution in [0.5, 0.6) is 0 Å². The van der Waals surface area contributed by atoms with Crippen LogP contribution >= 0.6 is 0 Å². The molecule has 5 rings (SSSR count). The van der Waals surface area contributed by atoms with Gasteiger partial charge in [0.1, 0.15) is 31.8 Å². The van der Waals surface area contributed by atoms with E-state index in [-0.39, 0.29) is 68.8 Å². The van der Waals surface area contributed by atoms with Crippen molar-refractivity contribution in [1.82, 2.24) is 29.2 Å². The fourth-order valence-electron chi connectivity index (χ4n) is 7.42. The van der Waals surface area contributed by atoms with Crippen LogP contribution in [-0.2, 0) is 35.1 Å². The van der Waals surface area contributed by atoms with Crippen LogP contribution in [0.4, 0.5) is 25.9 Å². The molecular formula is C42H59N9O9. The van der Waals surface area contributed by atoms with Crippen LogP contribution in [-0.4, -0.2) is 152 Å². The van der Waals surface area contributed by atoms with Crippen molar-refractivity contribution in [3.05, 3.63) is 48.4 Å². The number of carbonyl (C=O) groups excluding carboxylic acids is 4. The number of aromatic nitrogens is 3. The van der Waals surface area contributed by atoms with Gasteiger partial charge >= 0.3 is 18.2 Å². The number of nitriles is 1. The number of likely N-dealkylation sites (tertiary alicyclic amines) is 1. The maximum atomic E-state index is 13.6. The quantitative estimate of drug-likeness (QED) is 0.166. The number of piperidine rings is 1. The molecule has 4 amide bonds. The van der Waals surface area contributed by atoms with Crippen molar-refractivity contribution < 1.29 is 42.9 Å². The topological polar surface area (TPSA) is 194 Å². The lowest BCUT2D eigenvalue weighted by atomic mass is 9.92. The van der Waals surface area contributed by atoms with Crippen molar-refractivity contribution in [3.8, 4) is 6.07 Å². The standard InChI is InChI=1S/C42H59N9O9/c1-30-16-19-50(37(52)15-18-43)27-36(30)49(4)38-35-17-20-51(39(35)45-29-44-38)41(54)47(2)21-22-48(3)42(55)60-28-31-7-9-32(10-8-31)46-40(53)59-26-25-58-34-13-11-33(12-14-34)57-24-6-23-56-5/h7-10,17,20,29-30,33-34,36H,6,11-16,19,21-28H2,1-5H3,(H,46,53). The molecule has 2 aliphatic rings. The zero-order valence-electron chi connectivity index (χ0n) is 35.4. The molecule has 2 unspecified atom stereocenters. The molecule has 3 heterocycles. The Labute approximate surface area is 351 Å². The van der Waals surface area contributed by atoms with E-state index in [9.17, 15) is 19.2 Å². The highest BCUT2D eigenvalue weighted by Crippen LogP contribution is 2.30. The number of amides is 4. The van der Waals surface area contributed by atoms with Gasteiger partial charge < -0.3 is 43.3 Å². The molecule has 2 atom stereocenters. The summed E-state index contributed by atoms with van der Waals surface area (Å²) in [5.41, 5.74) is 1.69. The second-order valence-electron chi connectivity index (χ2n) is 15.4. The van der Waals surface area contributed by atoms with Crippen LogP contribution in [0.25, 0.3) is 11.0 Å². The molecule has 0 radical (unpaired) electrons. The predicted molar refractivity (Wildman–Crippen MR) is 222 cm³/mol. The number of methoxy groups -OCH3 is 1. The summed E-state index contributed by atoms with van der Waals surface area (Å²) >= 11 is 0. The SMILES string of the molecule is COCCCOC1CCC(OCCOC(=O)Nc2ccc(COC(=O)N(C)CCN(C)C(=O)n3ccc4c(N(C)C5CN(C(=O)CC#N)CCC5C)ncnc43)cc2)CC1. The maximum Gasteiger partial charge on any atom is 0.411 e. The average molecular weight is 834 g/mol. The first-order chi connectivity index (χ1) is 29.0. The molecule has 1 aromatic carbocycles. The molecule has 1 aliphatic carbocycles. The van der Waals surface area contributed by atoms with Gasteiger partial charge in [-0.2, -0.15) is 5.26 Å². The molecular weight excluding hydrogens is 775 g/mol. The molecule has 2 aromatic heterocycles. The van der Waals surface area contributed by atoms with Gasteiger partial charge in [0.25, 0.3) is 0 Å². The fraction of sp³-hybridized carbons (Fsp3) is 0.595. The number of hydrogen-bond acceptors (Lipinski definition) is 13. The Morgan fingerprint density at radius 3 is 2.28 bits per heavy atom. The second kappa shape index (κ2) is 22.7. The van der Waals surface area contributed by atoms with Crippen molar-refractivity contribution in [1.29, 1.82) is 5.26 Å². The lowest BCUT2D eigenvalue weighted by Crippen LogP contribution is -2.52. The third kappa shape index (κ3) is 12.7. The van der Waals surface area contributed by atoms with Gasteiger partial charge in [0.05, 0.1) is 36.3 Å². The third-order valence-corrected chi connectivity index (χ3v) is 11.1. The molecule has 1 saturated heterocycles.